The van der Waals surface area contributed by atoms with Crippen LogP contribution in [0.4, 0.5) is 11.4 Å². The zero-order valence-electron chi connectivity index (χ0n) is 12.1. The molecule has 2 aromatic carbocycles. The molecule has 0 saturated heterocycles. The van der Waals surface area contributed by atoms with E-state index in [-0.39, 0.29) is 0 Å². The van der Waals surface area contributed by atoms with E-state index in [1.165, 1.54) is 7.11 Å². The highest BCUT2D eigenvalue weighted by Gasteiger charge is 2.14. The molecule has 0 aromatic heterocycles. The lowest BCUT2D eigenvalue weighted by Crippen LogP contribution is -2.29. The van der Waals surface area contributed by atoms with E-state index in [2.05, 4.69) is 26.6 Å². The molecular formula is C16H15BrN2O3. The summed E-state index contributed by atoms with van der Waals surface area (Å²) in [4.78, 5) is 23.8. The molecule has 0 saturated carbocycles. The van der Waals surface area contributed by atoms with E-state index in [1.807, 2.05) is 13.0 Å². The van der Waals surface area contributed by atoms with Crippen molar-refractivity contribution in [2.45, 2.75) is 6.92 Å². The molecule has 114 valence electrons. The zero-order chi connectivity index (χ0) is 16.1. The lowest BCUT2D eigenvalue weighted by atomic mass is 10.2. The van der Waals surface area contributed by atoms with Gasteiger partial charge in [0.15, 0.2) is 0 Å². The highest BCUT2D eigenvalue weighted by Crippen LogP contribution is 2.21. The molecule has 6 heteroatoms. The van der Waals surface area contributed by atoms with Crippen LogP contribution in [0, 0.1) is 6.92 Å². The molecule has 2 amide bonds. The normalized spacial score (nSPS) is 9.95. The number of rotatable bonds is 3. The van der Waals surface area contributed by atoms with Crippen LogP contribution >= 0.6 is 15.9 Å². The van der Waals surface area contributed by atoms with Gasteiger partial charge < -0.3 is 15.4 Å². The van der Waals surface area contributed by atoms with Gasteiger partial charge in [-0.25, -0.2) is 0 Å². The quantitative estimate of drug-likeness (QED) is 0.822. The molecule has 0 aliphatic heterocycles. The molecule has 2 N–H and O–H groups in total. The third-order valence-electron chi connectivity index (χ3n) is 2.96. The van der Waals surface area contributed by atoms with Gasteiger partial charge in [-0.3, -0.25) is 9.59 Å². The lowest BCUT2D eigenvalue weighted by Gasteiger charge is -2.08. The molecule has 2 aromatic rings. The Bertz CT molecular complexity index is 716. The molecule has 0 radical (unpaired) electrons. The van der Waals surface area contributed by atoms with E-state index in [9.17, 15) is 9.59 Å². The monoisotopic (exact) mass is 362 g/mol. The Kier molecular flexibility index (Phi) is 5.16. The van der Waals surface area contributed by atoms with Gasteiger partial charge in [0.1, 0.15) is 5.75 Å². The Morgan fingerprint density at radius 1 is 1.00 bits per heavy atom. The van der Waals surface area contributed by atoms with Crippen molar-refractivity contribution in [3.05, 3.63) is 52.5 Å². The largest absolute Gasteiger partial charge is 0.497 e. The second-order valence-electron chi connectivity index (χ2n) is 4.60. The second kappa shape index (κ2) is 7.09. The Hall–Kier alpha value is -2.34. The first-order valence-corrected chi connectivity index (χ1v) is 7.31. The number of hydrogen-bond donors (Lipinski definition) is 2. The van der Waals surface area contributed by atoms with E-state index in [1.54, 1.807) is 36.4 Å². The van der Waals surface area contributed by atoms with E-state index in [0.717, 1.165) is 10.0 Å². The van der Waals surface area contributed by atoms with Crippen molar-refractivity contribution >= 4 is 39.1 Å². The first-order valence-electron chi connectivity index (χ1n) is 6.52. The van der Waals surface area contributed by atoms with Crippen molar-refractivity contribution in [3.8, 4) is 5.75 Å². The molecule has 0 atom stereocenters. The van der Waals surface area contributed by atoms with Crippen molar-refractivity contribution in [1.82, 2.24) is 0 Å². The minimum atomic E-state index is -0.745. The number of carbonyl (C=O) groups excluding carboxylic acids is 2. The smallest absolute Gasteiger partial charge is 0.314 e. The van der Waals surface area contributed by atoms with Gasteiger partial charge in [-0.1, -0.05) is 28.1 Å². The van der Waals surface area contributed by atoms with Crippen LogP contribution in [0.15, 0.2) is 46.9 Å². The summed E-state index contributed by atoms with van der Waals surface area (Å²) in [5.74, 6) is -0.885. The van der Waals surface area contributed by atoms with Gasteiger partial charge in [0.05, 0.1) is 7.11 Å². The summed E-state index contributed by atoms with van der Waals surface area (Å²) in [6.45, 7) is 1.94. The third-order valence-corrected chi connectivity index (χ3v) is 3.82. The predicted molar refractivity (Wildman–Crippen MR) is 89.1 cm³/mol. The zero-order valence-corrected chi connectivity index (χ0v) is 13.7. The number of aryl methyl sites for hydroxylation is 1. The first-order chi connectivity index (χ1) is 10.5. The summed E-state index contributed by atoms with van der Waals surface area (Å²) in [6, 6.07) is 12.1. The Balaban J connectivity index is 2.02. The SMILES string of the molecule is COc1cccc(NC(=O)C(=O)Nc2ccc(C)c(Br)c2)c1. The summed E-state index contributed by atoms with van der Waals surface area (Å²) in [6.07, 6.45) is 0. The molecule has 0 aliphatic carbocycles. The first kappa shape index (κ1) is 16.0. The minimum Gasteiger partial charge on any atom is -0.497 e. The van der Waals surface area contributed by atoms with E-state index >= 15 is 0 Å². The molecule has 22 heavy (non-hydrogen) atoms. The second-order valence-corrected chi connectivity index (χ2v) is 5.46. The van der Waals surface area contributed by atoms with Gasteiger partial charge in [-0.05, 0) is 36.8 Å². The number of methoxy groups -OCH3 is 1. The van der Waals surface area contributed by atoms with Crippen molar-refractivity contribution in [3.63, 3.8) is 0 Å². The molecule has 0 spiro atoms. The van der Waals surface area contributed by atoms with Crippen LogP contribution in [0.5, 0.6) is 5.75 Å². The molecule has 5 nitrogen and oxygen atoms in total. The van der Waals surface area contributed by atoms with Crippen molar-refractivity contribution < 1.29 is 14.3 Å². The van der Waals surface area contributed by atoms with Crippen molar-refractivity contribution in [2.75, 3.05) is 17.7 Å². The third kappa shape index (κ3) is 4.08. The van der Waals surface area contributed by atoms with Crippen LogP contribution < -0.4 is 15.4 Å². The Morgan fingerprint density at radius 3 is 2.23 bits per heavy atom. The van der Waals surface area contributed by atoms with Crippen LogP contribution in [-0.2, 0) is 9.59 Å². The number of amides is 2. The highest BCUT2D eigenvalue weighted by molar-refractivity contribution is 9.10. The number of benzene rings is 2. The fraction of sp³-hybridized carbons (Fsp3) is 0.125. The van der Waals surface area contributed by atoms with Crippen LogP contribution in [0.3, 0.4) is 0 Å². The summed E-state index contributed by atoms with van der Waals surface area (Å²) in [5, 5.41) is 5.07. The Labute approximate surface area is 136 Å². The molecule has 2 rings (SSSR count). The lowest BCUT2D eigenvalue weighted by molar-refractivity contribution is -0.132. The van der Waals surface area contributed by atoms with Crippen LogP contribution in [0.25, 0.3) is 0 Å². The van der Waals surface area contributed by atoms with Crippen molar-refractivity contribution in [2.24, 2.45) is 0 Å². The molecule has 0 unspecified atom stereocenters. The van der Waals surface area contributed by atoms with Crippen molar-refractivity contribution in [1.29, 1.82) is 0 Å². The van der Waals surface area contributed by atoms with Crippen LogP contribution in [0.2, 0.25) is 0 Å². The van der Waals surface area contributed by atoms with E-state index in [0.29, 0.717) is 17.1 Å². The fourth-order valence-corrected chi connectivity index (χ4v) is 2.13. The predicted octanol–water partition coefficient (Wildman–Crippen LogP) is 3.34. The van der Waals surface area contributed by atoms with Gasteiger partial charge in [-0.15, -0.1) is 0 Å². The maximum absolute atomic E-state index is 11.9. The molecule has 0 bridgehead atoms. The molecule has 0 aliphatic rings. The number of nitrogens with one attached hydrogen (secondary N) is 2. The van der Waals surface area contributed by atoms with E-state index < -0.39 is 11.8 Å². The van der Waals surface area contributed by atoms with Gasteiger partial charge in [-0.2, -0.15) is 0 Å². The fourth-order valence-electron chi connectivity index (χ4n) is 1.75. The summed E-state index contributed by atoms with van der Waals surface area (Å²) < 4.78 is 5.92. The van der Waals surface area contributed by atoms with E-state index in [4.69, 9.17) is 4.74 Å². The average Bonchev–Trinajstić information content (AvgIpc) is 2.51. The van der Waals surface area contributed by atoms with Gasteiger partial charge in [0.2, 0.25) is 0 Å². The average molecular weight is 363 g/mol. The van der Waals surface area contributed by atoms with Gasteiger partial charge in [0.25, 0.3) is 0 Å². The minimum absolute atomic E-state index is 0.490. The summed E-state index contributed by atoms with van der Waals surface area (Å²) >= 11 is 3.38. The highest BCUT2D eigenvalue weighted by atomic mass is 79.9. The number of hydrogen-bond acceptors (Lipinski definition) is 3. The van der Waals surface area contributed by atoms with Gasteiger partial charge >= 0.3 is 11.8 Å². The number of ether oxygens (including phenoxy) is 1. The number of carbonyl (C=O) groups is 2. The number of anilines is 2. The maximum Gasteiger partial charge on any atom is 0.314 e. The molecule has 0 fully saturated rings. The topological polar surface area (TPSA) is 67.4 Å². The summed E-state index contributed by atoms with van der Waals surface area (Å²) in [7, 11) is 1.53. The van der Waals surface area contributed by atoms with Crippen LogP contribution in [-0.4, -0.2) is 18.9 Å². The molecular weight excluding hydrogens is 348 g/mol. The van der Waals surface area contributed by atoms with Crippen LogP contribution in [0.1, 0.15) is 5.56 Å². The number of halogens is 1. The summed E-state index contributed by atoms with van der Waals surface area (Å²) in [5.41, 5.74) is 2.08. The Morgan fingerprint density at radius 2 is 1.64 bits per heavy atom. The molecule has 0 heterocycles. The standard InChI is InChI=1S/C16H15BrN2O3/c1-10-6-7-12(9-14(10)17)19-16(21)15(20)18-11-4-3-5-13(8-11)22-2/h3-9H,1-2H3,(H,18,20)(H,19,21). The van der Waals surface area contributed by atoms with Gasteiger partial charge in [0, 0.05) is 21.9 Å². The maximum atomic E-state index is 11.9.